The predicted octanol–water partition coefficient (Wildman–Crippen LogP) is 2.50. The maximum atomic E-state index is 3.71. The quantitative estimate of drug-likeness (QED) is 0.556. The summed E-state index contributed by atoms with van der Waals surface area (Å²) >= 11 is 0. The van der Waals surface area contributed by atoms with Gasteiger partial charge in [-0.1, -0.05) is 19.8 Å². The highest BCUT2D eigenvalue weighted by Gasteiger charge is 2.14. The van der Waals surface area contributed by atoms with Crippen molar-refractivity contribution in [3.63, 3.8) is 0 Å². The molecule has 0 amide bonds. The summed E-state index contributed by atoms with van der Waals surface area (Å²) in [6.07, 6.45) is 8.35. The van der Waals surface area contributed by atoms with Gasteiger partial charge in [-0.25, -0.2) is 0 Å². The van der Waals surface area contributed by atoms with Crippen LogP contribution < -0.4 is 5.32 Å². The van der Waals surface area contributed by atoms with Crippen LogP contribution in [0.15, 0.2) is 0 Å². The van der Waals surface area contributed by atoms with Crippen molar-refractivity contribution >= 4 is 0 Å². The average molecular weight is 212 g/mol. The normalized spacial score (nSPS) is 28.0. The first kappa shape index (κ1) is 13.0. The highest BCUT2D eigenvalue weighted by Crippen LogP contribution is 2.22. The Labute approximate surface area is 95.4 Å². The second-order valence-electron chi connectivity index (χ2n) is 5.42. The lowest BCUT2D eigenvalue weighted by atomic mass is 10.0. The molecule has 1 rings (SSSR count). The van der Waals surface area contributed by atoms with Crippen molar-refractivity contribution < 1.29 is 0 Å². The van der Waals surface area contributed by atoms with Crippen LogP contribution in [-0.4, -0.2) is 38.1 Å². The minimum Gasteiger partial charge on any atom is -0.314 e. The lowest BCUT2D eigenvalue weighted by molar-refractivity contribution is 0.377. The minimum atomic E-state index is 0.803. The maximum absolute atomic E-state index is 3.71. The zero-order valence-corrected chi connectivity index (χ0v) is 10.8. The highest BCUT2D eigenvalue weighted by atomic mass is 15.1. The first-order valence-corrected chi connectivity index (χ1v) is 6.56. The Hall–Kier alpha value is -0.0800. The molecule has 2 nitrogen and oxygen atoms in total. The molecule has 0 aromatic rings. The maximum Gasteiger partial charge on any atom is 0.00671 e. The second-order valence-corrected chi connectivity index (χ2v) is 5.42. The molecule has 90 valence electrons. The van der Waals surface area contributed by atoms with Gasteiger partial charge in [0.1, 0.15) is 0 Å². The molecule has 1 aliphatic rings. The van der Waals surface area contributed by atoms with Gasteiger partial charge in [0.05, 0.1) is 0 Å². The van der Waals surface area contributed by atoms with Crippen molar-refractivity contribution in [2.75, 3.05) is 27.2 Å². The van der Waals surface area contributed by atoms with Gasteiger partial charge in [-0.05, 0) is 58.8 Å². The standard InChI is InChI=1S/C13H28N2/c1-12-6-4-7-13(9-8-12)14-10-5-11-15(2)3/h12-14H,4-11H2,1-3H3. The number of nitrogens with one attached hydrogen (secondary N) is 1. The fourth-order valence-electron chi connectivity index (χ4n) is 2.39. The molecule has 0 saturated heterocycles. The summed E-state index contributed by atoms with van der Waals surface area (Å²) in [5, 5.41) is 3.71. The Kier molecular flexibility index (Phi) is 6.26. The van der Waals surface area contributed by atoms with Gasteiger partial charge in [-0.2, -0.15) is 0 Å². The van der Waals surface area contributed by atoms with E-state index in [0.717, 1.165) is 12.0 Å². The van der Waals surface area contributed by atoms with E-state index in [2.05, 4.69) is 31.2 Å². The molecule has 0 aliphatic heterocycles. The van der Waals surface area contributed by atoms with Crippen LogP contribution >= 0.6 is 0 Å². The van der Waals surface area contributed by atoms with Gasteiger partial charge in [0.15, 0.2) is 0 Å². The van der Waals surface area contributed by atoms with Crippen LogP contribution in [0.3, 0.4) is 0 Å². The lowest BCUT2D eigenvalue weighted by Crippen LogP contribution is -2.31. The Bertz CT molecular complexity index is 157. The molecular formula is C13H28N2. The largest absolute Gasteiger partial charge is 0.314 e. The number of hydrogen-bond donors (Lipinski definition) is 1. The van der Waals surface area contributed by atoms with E-state index in [9.17, 15) is 0 Å². The lowest BCUT2D eigenvalue weighted by Gasteiger charge is -2.17. The van der Waals surface area contributed by atoms with E-state index < -0.39 is 0 Å². The van der Waals surface area contributed by atoms with E-state index in [1.807, 2.05) is 0 Å². The first-order chi connectivity index (χ1) is 7.18. The van der Waals surface area contributed by atoms with Crippen LogP contribution in [0.1, 0.15) is 45.4 Å². The molecule has 1 saturated carbocycles. The molecule has 2 unspecified atom stereocenters. The molecule has 0 heterocycles. The monoisotopic (exact) mass is 212 g/mol. The second kappa shape index (κ2) is 7.24. The van der Waals surface area contributed by atoms with Crippen molar-refractivity contribution in [1.82, 2.24) is 10.2 Å². The summed E-state index contributed by atoms with van der Waals surface area (Å²) in [5.74, 6) is 0.957. The van der Waals surface area contributed by atoms with Gasteiger partial charge in [-0.3, -0.25) is 0 Å². The highest BCUT2D eigenvalue weighted by molar-refractivity contribution is 4.73. The molecule has 0 bridgehead atoms. The van der Waals surface area contributed by atoms with Gasteiger partial charge in [0.25, 0.3) is 0 Å². The Morgan fingerprint density at radius 3 is 2.67 bits per heavy atom. The molecular weight excluding hydrogens is 184 g/mol. The zero-order chi connectivity index (χ0) is 11.1. The number of rotatable bonds is 5. The Morgan fingerprint density at radius 1 is 1.13 bits per heavy atom. The van der Waals surface area contributed by atoms with Crippen molar-refractivity contribution in [3.8, 4) is 0 Å². The molecule has 0 aromatic heterocycles. The van der Waals surface area contributed by atoms with Crippen LogP contribution in [0.5, 0.6) is 0 Å². The first-order valence-electron chi connectivity index (χ1n) is 6.56. The molecule has 1 N–H and O–H groups in total. The fraction of sp³-hybridized carbons (Fsp3) is 1.00. The predicted molar refractivity (Wildman–Crippen MR) is 67.2 cm³/mol. The van der Waals surface area contributed by atoms with Gasteiger partial charge in [0, 0.05) is 6.04 Å². The Morgan fingerprint density at radius 2 is 1.93 bits per heavy atom. The fourth-order valence-corrected chi connectivity index (χ4v) is 2.39. The van der Waals surface area contributed by atoms with E-state index in [0.29, 0.717) is 0 Å². The summed E-state index contributed by atoms with van der Waals surface area (Å²) in [7, 11) is 4.29. The summed E-state index contributed by atoms with van der Waals surface area (Å²) < 4.78 is 0. The molecule has 2 heteroatoms. The molecule has 0 radical (unpaired) electrons. The van der Waals surface area contributed by atoms with Gasteiger partial charge >= 0.3 is 0 Å². The van der Waals surface area contributed by atoms with Crippen LogP contribution in [0, 0.1) is 5.92 Å². The number of nitrogens with zero attached hydrogens (tertiary/aromatic N) is 1. The Balaban J connectivity index is 2.05. The third kappa shape index (κ3) is 6.16. The van der Waals surface area contributed by atoms with E-state index in [4.69, 9.17) is 0 Å². The summed E-state index contributed by atoms with van der Waals surface area (Å²) in [4.78, 5) is 2.26. The van der Waals surface area contributed by atoms with E-state index in [1.165, 1.54) is 51.6 Å². The van der Waals surface area contributed by atoms with Crippen LogP contribution in [0.25, 0.3) is 0 Å². The van der Waals surface area contributed by atoms with Crippen molar-refractivity contribution in [2.24, 2.45) is 5.92 Å². The van der Waals surface area contributed by atoms with E-state index in [-0.39, 0.29) is 0 Å². The molecule has 2 atom stereocenters. The average Bonchev–Trinajstić information content (AvgIpc) is 2.38. The molecule has 1 fully saturated rings. The van der Waals surface area contributed by atoms with Gasteiger partial charge in [0.2, 0.25) is 0 Å². The van der Waals surface area contributed by atoms with Crippen LogP contribution in [-0.2, 0) is 0 Å². The van der Waals surface area contributed by atoms with E-state index >= 15 is 0 Å². The summed E-state index contributed by atoms with van der Waals surface area (Å²) in [6, 6.07) is 0.803. The van der Waals surface area contributed by atoms with Gasteiger partial charge in [-0.15, -0.1) is 0 Å². The minimum absolute atomic E-state index is 0.803. The molecule has 15 heavy (non-hydrogen) atoms. The van der Waals surface area contributed by atoms with Crippen LogP contribution in [0.2, 0.25) is 0 Å². The SMILES string of the molecule is CC1CCCC(NCCCN(C)C)CC1. The van der Waals surface area contributed by atoms with E-state index in [1.54, 1.807) is 0 Å². The molecule has 0 aromatic carbocycles. The third-order valence-corrected chi connectivity index (χ3v) is 3.47. The van der Waals surface area contributed by atoms with Crippen molar-refractivity contribution in [1.29, 1.82) is 0 Å². The van der Waals surface area contributed by atoms with Crippen molar-refractivity contribution in [3.05, 3.63) is 0 Å². The topological polar surface area (TPSA) is 15.3 Å². The summed E-state index contributed by atoms with van der Waals surface area (Å²) in [6.45, 7) is 4.79. The molecule has 0 spiro atoms. The van der Waals surface area contributed by atoms with Crippen molar-refractivity contribution in [2.45, 2.75) is 51.5 Å². The number of hydrogen-bond acceptors (Lipinski definition) is 2. The summed E-state index contributed by atoms with van der Waals surface area (Å²) in [5.41, 5.74) is 0. The van der Waals surface area contributed by atoms with Crippen LogP contribution in [0.4, 0.5) is 0 Å². The smallest absolute Gasteiger partial charge is 0.00671 e. The van der Waals surface area contributed by atoms with Gasteiger partial charge < -0.3 is 10.2 Å². The molecule has 1 aliphatic carbocycles. The third-order valence-electron chi connectivity index (χ3n) is 3.47. The zero-order valence-electron chi connectivity index (χ0n) is 10.8.